The minimum Gasteiger partial charge on any atom is -0.488 e. The molecule has 3 rings (SSSR count). The SMILES string of the molecule is CCSc1ccc(Cl)cc1CC(=O)N/N=C\c1ccccc1OCc1ccccc1. The smallest absolute Gasteiger partial charge is 0.244 e. The van der Waals surface area contributed by atoms with Gasteiger partial charge in [-0.05, 0) is 47.2 Å². The summed E-state index contributed by atoms with van der Waals surface area (Å²) < 4.78 is 5.91. The largest absolute Gasteiger partial charge is 0.488 e. The molecular formula is C24H23ClN2O2S. The van der Waals surface area contributed by atoms with Gasteiger partial charge in [-0.25, -0.2) is 5.43 Å². The first-order chi connectivity index (χ1) is 14.7. The fourth-order valence-corrected chi connectivity index (χ4v) is 3.81. The van der Waals surface area contributed by atoms with E-state index in [0.29, 0.717) is 17.4 Å². The second-order valence-corrected chi connectivity index (χ2v) is 8.21. The Morgan fingerprint density at radius 1 is 1.10 bits per heavy atom. The Morgan fingerprint density at radius 3 is 2.67 bits per heavy atom. The summed E-state index contributed by atoms with van der Waals surface area (Å²) in [7, 11) is 0. The molecule has 154 valence electrons. The van der Waals surface area contributed by atoms with Crippen molar-refractivity contribution in [3.63, 3.8) is 0 Å². The molecule has 0 saturated carbocycles. The second-order valence-electron chi connectivity index (χ2n) is 6.47. The lowest BCUT2D eigenvalue weighted by molar-refractivity contribution is -0.120. The molecule has 1 N–H and O–H groups in total. The fraction of sp³-hybridized carbons (Fsp3) is 0.167. The summed E-state index contributed by atoms with van der Waals surface area (Å²) in [6.07, 6.45) is 1.81. The quantitative estimate of drug-likeness (QED) is 0.264. The van der Waals surface area contributed by atoms with Crippen LogP contribution in [0.3, 0.4) is 0 Å². The Morgan fingerprint density at radius 2 is 1.87 bits per heavy atom. The van der Waals surface area contributed by atoms with Crippen molar-refractivity contribution in [2.75, 3.05) is 5.75 Å². The normalized spacial score (nSPS) is 10.9. The number of hydrazone groups is 1. The highest BCUT2D eigenvalue weighted by atomic mass is 35.5. The molecule has 0 heterocycles. The molecule has 4 nitrogen and oxygen atoms in total. The van der Waals surface area contributed by atoms with E-state index in [1.54, 1.807) is 18.0 Å². The molecule has 0 fully saturated rings. The molecule has 0 aliphatic rings. The van der Waals surface area contributed by atoms with Gasteiger partial charge in [0.05, 0.1) is 12.6 Å². The van der Waals surface area contributed by atoms with Crippen molar-refractivity contribution in [2.45, 2.75) is 24.8 Å². The summed E-state index contributed by atoms with van der Waals surface area (Å²) in [5, 5.41) is 4.72. The standard InChI is InChI=1S/C24H23ClN2O2S/c1-2-30-23-13-12-21(25)14-20(23)15-24(28)27-26-16-19-10-6-7-11-22(19)29-17-18-8-4-3-5-9-18/h3-14,16H,2,15,17H2,1H3,(H,27,28)/b26-16-. The zero-order valence-corrected chi connectivity index (χ0v) is 18.2. The van der Waals surface area contributed by atoms with Gasteiger partial charge in [-0.1, -0.05) is 61.0 Å². The highest BCUT2D eigenvalue weighted by molar-refractivity contribution is 7.99. The van der Waals surface area contributed by atoms with Crippen LogP contribution in [0.5, 0.6) is 5.75 Å². The molecule has 0 atom stereocenters. The molecule has 0 saturated heterocycles. The van der Waals surface area contributed by atoms with E-state index in [1.807, 2.05) is 72.8 Å². The topological polar surface area (TPSA) is 50.7 Å². The summed E-state index contributed by atoms with van der Waals surface area (Å²) in [6, 6.07) is 23.1. The van der Waals surface area contributed by atoms with E-state index in [0.717, 1.165) is 27.3 Å². The van der Waals surface area contributed by atoms with Crippen LogP contribution < -0.4 is 10.2 Å². The van der Waals surface area contributed by atoms with E-state index < -0.39 is 0 Å². The van der Waals surface area contributed by atoms with Gasteiger partial charge in [0.1, 0.15) is 12.4 Å². The minimum atomic E-state index is -0.200. The monoisotopic (exact) mass is 438 g/mol. The molecule has 0 bridgehead atoms. The molecule has 3 aromatic rings. The van der Waals surface area contributed by atoms with Crippen LogP contribution in [0.4, 0.5) is 0 Å². The van der Waals surface area contributed by atoms with Crippen molar-refractivity contribution in [1.82, 2.24) is 5.43 Å². The summed E-state index contributed by atoms with van der Waals surface area (Å²) in [4.78, 5) is 13.4. The molecule has 0 spiro atoms. The average Bonchev–Trinajstić information content (AvgIpc) is 2.76. The molecule has 0 radical (unpaired) electrons. The lowest BCUT2D eigenvalue weighted by Gasteiger charge is -2.09. The molecule has 0 aliphatic heterocycles. The maximum Gasteiger partial charge on any atom is 0.244 e. The van der Waals surface area contributed by atoms with E-state index in [1.165, 1.54) is 0 Å². The van der Waals surface area contributed by atoms with Gasteiger partial charge in [0.25, 0.3) is 0 Å². The Bertz CT molecular complexity index is 1010. The summed E-state index contributed by atoms with van der Waals surface area (Å²) in [5.41, 5.74) is 5.36. The van der Waals surface area contributed by atoms with Crippen LogP contribution in [0.25, 0.3) is 0 Å². The van der Waals surface area contributed by atoms with Crippen molar-refractivity contribution in [1.29, 1.82) is 0 Å². The Labute approximate surface area is 186 Å². The first-order valence-corrected chi connectivity index (χ1v) is 11.0. The number of para-hydroxylation sites is 1. The number of thioether (sulfide) groups is 1. The minimum absolute atomic E-state index is 0.200. The van der Waals surface area contributed by atoms with Crippen molar-refractivity contribution >= 4 is 35.5 Å². The zero-order valence-electron chi connectivity index (χ0n) is 16.7. The lowest BCUT2D eigenvalue weighted by Crippen LogP contribution is -2.20. The number of hydrogen-bond acceptors (Lipinski definition) is 4. The van der Waals surface area contributed by atoms with Crippen LogP contribution in [-0.4, -0.2) is 17.9 Å². The highest BCUT2D eigenvalue weighted by Crippen LogP contribution is 2.26. The second kappa shape index (κ2) is 11.4. The predicted molar refractivity (Wildman–Crippen MR) is 125 cm³/mol. The summed E-state index contributed by atoms with van der Waals surface area (Å²) in [6.45, 7) is 2.54. The third-order valence-electron chi connectivity index (χ3n) is 4.22. The number of nitrogens with one attached hydrogen (secondary N) is 1. The Balaban J connectivity index is 1.60. The number of benzene rings is 3. The van der Waals surface area contributed by atoms with E-state index in [-0.39, 0.29) is 12.3 Å². The van der Waals surface area contributed by atoms with Crippen LogP contribution >= 0.6 is 23.4 Å². The number of rotatable bonds is 9. The molecule has 1 amide bonds. The molecule has 0 aliphatic carbocycles. The van der Waals surface area contributed by atoms with E-state index in [4.69, 9.17) is 16.3 Å². The number of halogens is 1. The van der Waals surface area contributed by atoms with Crippen molar-refractivity contribution in [2.24, 2.45) is 5.10 Å². The van der Waals surface area contributed by atoms with Gasteiger partial charge in [0.15, 0.2) is 0 Å². The number of amides is 1. The predicted octanol–water partition coefficient (Wildman–Crippen LogP) is 5.72. The maximum absolute atomic E-state index is 12.4. The van der Waals surface area contributed by atoms with Crippen LogP contribution in [0, 0.1) is 0 Å². The van der Waals surface area contributed by atoms with Gasteiger partial charge in [-0.3, -0.25) is 4.79 Å². The number of hydrogen-bond donors (Lipinski definition) is 1. The van der Waals surface area contributed by atoms with Gasteiger partial charge in [-0.15, -0.1) is 11.8 Å². The molecule has 3 aromatic carbocycles. The van der Waals surface area contributed by atoms with E-state index in [2.05, 4.69) is 17.5 Å². The first kappa shape index (κ1) is 21.9. The van der Waals surface area contributed by atoms with Gasteiger partial charge in [0.2, 0.25) is 5.91 Å². The van der Waals surface area contributed by atoms with E-state index in [9.17, 15) is 4.79 Å². The van der Waals surface area contributed by atoms with Crippen LogP contribution in [-0.2, 0) is 17.8 Å². The number of carbonyl (C=O) groups excluding carboxylic acids is 1. The number of carbonyl (C=O) groups is 1. The third kappa shape index (κ3) is 6.65. The van der Waals surface area contributed by atoms with Crippen LogP contribution in [0.2, 0.25) is 5.02 Å². The van der Waals surface area contributed by atoms with E-state index >= 15 is 0 Å². The van der Waals surface area contributed by atoms with Gasteiger partial charge in [-0.2, -0.15) is 5.10 Å². The van der Waals surface area contributed by atoms with Gasteiger partial charge < -0.3 is 4.74 Å². The Kier molecular flexibility index (Phi) is 8.36. The molecular weight excluding hydrogens is 416 g/mol. The average molecular weight is 439 g/mol. The summed E-state index contributed by atoms with van der Waals surface area (Å²) >= 11 is 7.78. The molecule has 0 aromatic heterocycles. The fourth-order valence-electron chi connectivity index (χ4n) is 2.82. The number of ether oxygens (including phenoxy) is 1. The zero-order chi connectivity index (χ0) is 21.2. The van der Waals surface area contributed by atoms with Gasteiger partial charge >= 0.3 is 0 Å². The van der Waals surface area contributed by atoms with Crippen molar-refractivity contribution in [3.8, 4) is 5.75 Å². The number of nitrogens with zero attached hydrogens (tertiary/aromatic N) is 1. The Hall–Kier alpha value is -2.76. The highest BCUT2D eigenvalue weighted by Gasteiger charge is 2.09. The van der Waals surface area contributed by atoms with Crippen molar-refractivity contribution in [3.05, 3.63) is 94.5 Å². The molecule has 0 unspecified atom stereocenters. The first-order valence-electron chi connectivity index (χ1n) is 9.64. The molecule has 30 heavy (non-hydrogen) atoms. The third-order valence-corrected chi connectivity index (χ3v) is 5.46. The molecule has 6 heteroatoms. The maximum atomic E-state index is 12.4. The van der Waals surface area contributed by atoms with Crippen molar-refractivity contribution < 1.29 is 9.53 Å². The van der Waals surface area contributed by atoms with Crippen LogP contribution in [0.15, 0.2) is 82.8 Å². The van der Waals surface area contributed by atoms with Crippen LogP contribution in [0.1, 0.15) is 23.6 Å². The van der Waals surface area contributed by atoms with Gasteiger partial charge in [0, 0.05) is 15.5 Å². The lowest BCUT2D eigenvalue weighted by atomic mass is 10.1. The summed E-state index contributed by atoms with van der Waals surface area (Å²) in [5.74, 6) is 1.43.